The van der Waals surface area contributed by atoms with Crippen molar-refractivity contribution in [2.75, 3.05) is 13.1 Å². The summed E-state index contributed by atoms with van der Waals surface area (Å²) >= 11 is 0. The largest absolute Gasteiger partial charge is 0.345 e. The fraction of sp³-hybridized carbons (Fsp3) is 0.846. The zero-order valence-electron chi connectivity index (χ0n) is 10.8. The molecule has 2 aliphatic rings. The van der Waals surface area contributed by atoms with Gasteiger partial charge < -0.3 is 10.2 Å². The molecule has 4 nitrogen and oxygen atoms in total. The Labute approximate surface area is 103 Å². The van der Waals surface area contributed by atoms with Crippen molar-refractivity contribution in [2.45, 2.75) is 51.5 Å². The van der Waals surface area contributed by atoms with Crippen molar-refractivity contribution in [1.82, 2.24) is 10.2 Å². The van der Waals surface area contributed by atoms with E-state index in [9.17, 15) is 9.59 Å². The normalized spacial score (nSPS) is 25.2. The predicted molar refractivity (Wildman–Crippen MR) is 65.4 cm³/mol. The van der Waals surface area contributed by atoms with E-state index >= 15 is 0 Å². The van der Waals surface area contributed by atoms with E-state index < -0.39 is 5.54 Å². The first-order valence-corrected chi connectivity index (χ1v) is 6.69. The van der Waals surface area contributed by atoms with Crippen molar-refractivity contribution in [2.24, 2.45) is 5.92 Å². The molecular weight excluding hydrogens is 216 g/mol. The van der Waals surface area contributed by atoms with Crippen LogP contribution in [0.15, 0.2) is 0 Å². The van der Waals surface area contributed by atoms with Crippen LogP contribution in [0.25, 0.3) is 0 Å². The first-order chi connectivity index (χ1) is 8.10. The average molecular weight is 238 g/mol. The van der Waals surface area contributed by atoms with Gasteiger partial charge in [-0.05, 0) is 18.8 Å². The Bertz CT molecular complexity index is 321. The van der Waals surface area contributed by atoms with Crippen molar-refractivity contribution >= 4 is 11.8 Å². The second-order valence-electron chi connectivity index (χ2n) is 5.44. The first kappa shape index (κ1) is 12.4. The number of piperazine rings is 1. The average Bonchev–Trinajstić information content (AvgIpc) is 2.80. The summed E-state index contributed by atoms with van der Waals surface area (Å²) in [6, 6.07) is 0. The molecule has 1 atom stereocenters. The van der Waals surface area contributed by atoms with Gasteiger partial charge in [0.25, 0.3) is 0 Å². The number of nitrogens with one attached hydrogen (secondary N) is 1. The van der Waals surface area contributed by atoms with Gasteiger partial charge in [0, 0.05) is 6.54 Å². The second-order valence-corrected chi connectivity index (χ2v) is 5.44. The summed E-state index contributed by atoms with van der Waals surface area (Å²) in [5, 5.41) is 2.76. The van der Waals surface area contributed by atoms with Crippen LogP contribution in [0.2, 0.25) is 0 Å². The van der Waals surface area contributed by atoms with E-state index in [1.807, 2.05) is 4.90 Å². The van der Waals surface area contributed by atoms with Crippen LogP contribution in [0.1, 0.15) is 46.0 Å². The summed E-state index contributed by atoms with van der Waals surface area (Å²) in [5.74, 6) is 0.618. The lowest BCUT2D eigenvalue weighted by Gasteiger charge is -2.44. The van der Waals surface area contributed by atoms with E-state index in [4.69, 9.17) is 0 Å². The van der Waals surface area contributed by atoms with E-state index in [0.29, 0.717) is 5.92 Å². The van der Waals surface area contributed by atoms with Gasteiger partial charge in [-0.3, -0.25) is 9.59 Å². The molecule has 2 fully saturated rings. The molecule has 1 saturated carbocycles. The molecule has 0 radical (unpaired) electrons. The SMILES string of the molecule is CCC(C)CN1C(=O)CNC(=O)C12CCCC2. The van der Waals surface area contributed by atoms with Crippen LogP contribution in [0, 0.1) is 5.92 Å². The molecule has 4 heteroatoms. The highest BCUT2D eigenvalue weighted by Crippen LogP contribution is 2.37. The molecule has 0 aromatic heterocycles. The van der Waals surface area contributed by atoms with Gasteiger partial charge in [-0.2, -0.15) is 0 Å². The second kappa shape index (κ2) is 4.67. The molecule has 1 heterocycles. The number of nitrogens with zero attached hydrogens (tertiary/aromatic N) is 1. The van der Waals surface area contributed by atoms with Crippen LogP contribution in [-0.2, 0) is 9.59 Å². The summed E-state index contributed by atoms with van der Waals surface area (Å²) in [7, 11) is 0. The highest BCUT2D eigenvalue weighted by Gasteiger charge is 2.50. The Morgan fingerprint density at radius 3 is 2.59 bits per heavy atom. The van der Waals surface area contributed by atoms with Gasteiger partial charge in [0.1, 0.15) is 5.54 Å². The van der Waals surface area contributed by atoms with Crippen molar-refractivity contribution in [3.63, 3.8) is 0 Å². The summed E-state index contributed by atoms with van der Waals surface area (Å²) < 4.78 is 0. The maximum absolute atomic E-state index is 12.1. The van der Waals surface area contributed by atoms with Gasteiger partial charge in [-0.15, -0.1) is 0 Å². The molecule has 1 N–H and O–H groups in total. The third-order valence-corrected chi connectivity index (χ3v) is 4.26. The Morgan fingerprint density at radius 2 is 2.00 bits per heavy atom. The molecular formula is C13H22N2O2. The topological polar surface area (TPSA) is 49.4 Å². The first-order valence-electron chi connectivity index (χ1n) is 6.69. The van der Waals surface area contributed by atoms with Crippen LogP contribution in [0.4, 0.5) is 0 Å². The van der Waals surface area contributed by atoms with E-state index in [-0.39, 0.29) is 18.4 Å². The number of carbonyl (C=O) groups excluding carboxylic acids is 2. The third-order valence-electron chi connectivity index (χ3n) is 4.26. The van der Waals surface area contributed by atoms with Crippen molar-refractivity contribution in [1.29, 1.82) is 0 Å². The minimum Gasteiger partial charge on any atom is -0.345 e. The molecule has 1 unspecified atom stereocenters. The molecule has 1 aliphatic heterocycles. The summed E-state index contributed by atoms with van der Waals surface area (Å²) in [6.07, 6.45) is 4.82. The van der Waals surface area contributed by atoms with Crippen molar-refractivity contribution in [3.8, 4) is 0 Å². The van der Waals surface area contributed by atoms with Crippen LogP contribution >= 0.6 is 0 Å². The molecule has 1 spiro atoms. The van der Waals surface area contributed by atoms with E-state index in [2.05, 4.69) is 19.2 Å². The highest BCUT2D eigenvalue weighted by molar-refractivity contribution is 5.98. The molecule has 2 rings (SSSR count). The maximum Gasteiger partial charge on any atom is 0.246 e. The molecule has 0 bridgehead atoms. The predicted octanol–water partition coefficient (Wildman–Crippen LogP) is 1.30. The quantitative estimate of drug-likeness (QED) is 0.805. The lowest BCUT2D eigenvalue weighted by Crippen LogP contribution is -2.66. The Hall–Kier alpha value is -1.06. The molecule has 1 saturated heterocycles. The van der Waals surface area contributed by atoms with Crippen molar-refractivity contribution < 1.29 is 9.59 Å². The Kier molecular flexibility index (Phi) is 3.40. The van der Waals surface area contributed by atoms with Gasteiger partial charge in [0.15, 0.2) is 0 Å². The smallest absolute Gasteiger partial charge is 0.246 e. The van der Waals surface area contributed by atoms with Gasteiger partial charge in [0.05, 0.1) is 6.54 Å². The van der Waals surface area contributed by atoms with Crippen LogP contribution in [0.5, 0.6) is 0 Å². The summed E-state index contributed by atoms with van der Waals surface area (Å²) in [5.41, 5.74) is -0.515. The van der Waals surface area contributed by atoms with E-state index in [1.165, 1.54) is 0 Å². The number of amides is 2. The molecule has 96 valence electrons. The fourth-order valence-corrected chi connectivity index (χ4v) is 2.95. The zero-order chi connectivity index (χ0) is 12.5. The molecule has 1 aliphatic carbocycles. The number of carbonyl (C=O) groups is 2. The van der Waals surface area contributed by atoms with Crippen molar-refractivity contribution in [3.05, 3.63) is 0 Å². The number of hydrogen-bond donors (Lipinski definition) is 1. The highest BCUT2D eigenvalue weighted by atomic mass is 16.2. The lowest BCUT2D eigenvalue weighted by molar-refractivity contribution is -0.154. The number of hydrogen-bond acceptors (Lipinski definition) is 2. The number of rotatable bonds is 3. The zero-order valence-corrected chi connectivity index (χ0v) is 10.8. The lowest BCUT2D eigenvalue weighted by atomic mass is 9.90. The van der Waals surface area contributed by atoms with Crippen LogP contribution < -0.4 is 5.32 Å². The van der Waals surface area contributed by atoms with Gasteiger partial charge >= 0.3 is 0 Å². The molecule has 2 amide bonds. The van der Waals surface area contributed by atoms with E-state index in [1.54, 1.807) is 0 Å². The maximum atomic E-state index is 12.1. The van der Waals surface area contributed by atoms with Gasteiger partial charge in [-0.25, -0.2) is 0 Å². The third kappa shape index (κ3) is 2.05. The van der Waals surface area contributed by atoms with Crippen LogP contribution in [-0.4, -0.2) is 35.3 Å². The summed E-state index contributed by atoms with van der Waals surface area (Å²) in [6.45, 7) is 5.17. The van der Waals surface area contributed by atoms with E-state index in [0.717, 1.165) is 38.6 Å². The Morgan fingerprint density at radius 1 is 1.35 bits per heavy atom. The molecule has 0 aromatic carbocycles. The molecule has 0 aromatic rings. The fourth-order valence-electron chi connectivity index (χ4n) is 2.95. The monoisotopic (exact) mass is 238 g/mol. The minimum atomic E-state index is -0.515. The van der Waals surface area contributed by atoms with Gasteiger partial charge in [0.2, 0.25) is 11.8 Å². The minimum absolute atomic E-state index is 0.0675. The Balaban J connectivity index is 2.22. The standard InChI is InChI=1S/C13H22N2O2/c1-3-10(2)9-15-11(16)8-14-12(17)13(15)6-4-5-7-13/h10H,3-9H2,1-2H3,(H,14,17). The van der Waals surface area contributed by atoms with Crippen LogP contribution in [0.3, 0.4) is 0 Å². The van der Waals surface area contributed by atoms with Gasteiger partial charge in [-0.1, -0.05) is 33.1 Å². The molecule has 17 heavy (non-hydrogen) atoms. The summed E-state index contributed by atoms with van der Waals surface area (Å²) in [4.78, 5) is 26.1.